The third kappa shape index (κ3) is 4.03. The first-order valence-corrected chi connectivity index (χ1v) is 8.80. The quantitative estimate of drug-likeness (QED) is 0.863. The monoisotopic (exact) mass is 372 g/mol. The number of carbonyl (C=O) groups is 1. The van der Waals surface area contributed by atoms with E-state index >= 15 is 0 Å². The number of hydrogen-bond acceptors (Lipinski definition) is 3. The Balaban J connectivity index is 2.40. The molecule has 0 unspecified atom stereocenters. The van der Waals surface area contributed by atoms with Crippen LogP contribution in [0.2, 0.25) is 10.0 Å². The van der Waals surface area contributed by atoms with Gasteiger partial charge in [0.1, 0.15) is 0 Å². The van der Waals surface area contributed by atoms with Crippen LogP contribution in [0.4, 0.5) is 5.69 Å². The maximum absolute atomic E-state index is 12.3. The van der Waals surface area contributed by atoms with E-state index in [9.17, 15) is 13.2 Å². The molecule has 0 radical (unpaired) electrons. The third-order valence-corrected chi connectivity index (χ3v) is 5.14. The van der Waals surface area contributed by atoms with Crippen molar-refractivity contribution in [3.05, 3.63) is 57.1 Å². The Hall–Kier alpha value is -1.60. The zero-order valence-corrected chi connectivity index (χ0v) is 14.7. The second-order valence-corrected chi connectivity index (χ2v) is 7.39. The van der Waals surface area contributed by atoms with Crippen LogP contribution >= 0.6 is 23.2 Å². The van der Waals surface area contributed by atoms with Gasteiger partial charge in [0.2, 0.25) is 10.0 Å². The van der Waals surface area contributed by atoms with Crippen LogP contribution < -0.4 is 10.5 Å². The molecule has 0 aliphatic rings. The predicted molar refractivity (Wildman–Crippen MR) is 91.7 cm³/mol. The van der Waals surface area contributed by atoms with Gasteiger partial charge in [0, 0.05) is 11.3 Å². The minimum Gasteiger partial charge on any atom is -0.322 e. The van der Waals surface area contributed by atoms with Crippen molar-refractivity contribution < 1.29 is 13.2 Å². The van der Waals surface area contributed by atoms with Crippen molar-refractivity contribution in [3.63, 3.8) is 0 Å². The van der Waals surface area contributed by atoms with Crippen LogP contribution in [0, 0.1) is 13.8 Å². The number of halogens is 2. The second-order valence-electron chi connectivity index (χ2n) is 5.04. The molecule has 0 fully saturated rings. The predicted octanol–water partition coefficient (Wildman–Crippen LogP) is 3.51. The summed E-state index contributed by atoms with van der Waals surface area (Å²) in [6, 6.07) is 7.49. The third-order valence-electron chi connectivity index (χ3n) is 3.37. The molecule has 8 heteroatoms. The lowest BCUT2D eigenvalue weighted by Gasteiger charge is -2.11. The fourth-order valence-corrected chi connectivity index (χ4v) is 3.21. The Bertz CT molecular complexity index is 896. The van der Waals surface area contributed by atoms with Crippen molar-refractivity contribution in [2.24, 2.45) is 5.14 Å². The number of anilines is 1. The SMILES string of the molecule is Cc1cc(C(=O)Nc2ccc(Cl)c(Cl)c2)cc(S(N)(=O)=O)c1C. The minimum atomic E-state index is -3.92. The Labute approximate surface area is 144 Å². The maximum Gasteiger partial charge on any atom is 0.255 e. The molecule has 2 rings (SSSR count). The fourth-order valence-electron chi connectivity index (χ4n) is 2.03. The number of sulfonamides is 1. The first-order chi connectivity index (χ1) is 10.6. The molecular weight excluding hydrogens is 359 g/mol. The Morgan fingerprint density at radius 3 is 2.30 bits per heavy atom. The summed E-state index contributed by atoms with van der Waals surface area (Å²) in [6.07, 6.45) is 0. The van der Waals surface area contributed by atoms with Crippen LogP contribution in [-0.2, 0) is 10.0 Å². The van der Waals surface area contributed by atoms with Gasteiger partial charge in [-0.1, -0.05) is 23.2 Å². The number of amides is 1. The van der Waals surface area contributed by atoms with E-state index in [0.717, 1.165) is 0 Å². The molecule has 0 aromatic heterocycles. The summed E-state index contributed by atoms with van der Waals surface area (Å²) >= 11 is 11.7. The van der Waals surface area contributed by atoms with Gasteiger partial charge >= 0.3 is 0 Å². The van der Waals surface area contributed by atoms with E-state index in [-0.39, 0.29) is 10.5 Å². The van der Waals surface area contributed by atoms with E-state index in [1.807, 2.05) is 0 Å². The van der Waals surface area contributed by atoms with Crippen molar-refractivity contribution in [2.45, 2.75) is 18.7 Å². The molecule has 3 N–H and O–H groups in total. The van der Waals surface area contributed by atoms with E-state index in [1.54, 1.807) is 32.0 Å². The van der Waals surface area contributed by atoms with Gasteiger partial charge in [0.05, 0.1) is 14.9 Å². The summed E-state index contributed by atoms with van der Waals surface area (Å²) in [5.41, 5.74) is 1.79. The molecule has 0 spiro atoms. The van der Waals surface area contributed by atoms with Gasteiger partial charge in [-0.25, -0.2) is 13.6 Å². The van der Waals surface area contributed by atoms with Gasteiger partial charge in [-0.3, -0.25) is 4.79 Å². The van der Waals surface area contributed by atoms with Crippen LogP contribution in [0.3, 0.4) is 0 Å². The average Bonchev–Trinajstić information content (AvgIpc) is 2.44. The van der Waals surface area contributed by atoms with Crippen LogP contribution in [0.25, 0.3) is 0 Å². The lowest BCUT2D eigenvalue weighted by atomic mass is 10.1. The van der Waals surface area contributed by atoms with Crippen molar-refractivity contribution in [1.82, 2.24) is 0 Å². The number of aryl methyl sites for hydroxylation is 1. The molecule has 1 amide bonds. The lowest BCUT2D eigenvalue weighted by Crippen LogP contribution is -2.17. The number of rotatable bonds is 3. The van der Waals surface area contributed by atoms with Gasteiger partial charge in [0.25, 0.3) is 5.91 Å². The van der Waals surface area contributed by atoms with Crippen LogP contribution in [0.1, 0.15) is 21.5 Å². The topological polar surface area (TPSA) is 89.3 Å². The fraction of sp³-hybridized carbons (Fsp3) is 0.133. The summed E-state index contributed by atoms with van der Waals surface area (Å²) in [5, 5.41) is 8.50. The Morgan fingerprint density at radius 1 is 1.09 bits per heavy atom. The Morgan fingerprint density at radius 2 is 1.74 bits per heavy atom. The summed E-state index contributed by atoms with van der Waals surface area (Å²) in [7, 11) is -3.92. The zero-order chi connectivity index (χ0) is 17.4. The molecule has 0 aliphatic heterocycles. The highest BCUT2D eigenvalue weighted by molar-refractivity contribution is 7.89. The average molecular weight is 373 g/mol. The molecule has 2 aromatic carbocycles. The highest BCUT2D eigenvalue weighted by atomic mass is 35.5. The molecule has 122 valence electrons. The zero-order valence-electron chi connectivity index (χ0n) is 12.4. The smallest absolute Gasteiger partial charge is 0.255 e. The Kier molecular flexibility index (Phi) is 5.01. The molecule has 2 aromatic rings. The summed E-state index contributed by atoms with van der Waals surface area (Å²) in [6.45, 7) is 3.34. The van der Waals surface area contributed by atoms with Crippen LogP contribution in [0.15, 0.2) is 35.2 Å². The van der Waals surface area contributed by atoms with E-state index in [4.69, 9.17) is 28.3 Å². The number of primary sulfonamides is 1. The van der Waals surface area contributed by atoms with E-state index in [1.165, 1.54) is 12.1 Å². The molecular formula is C15H14Cl2N2O3S. The second kappa shape index (κ2) is 6.49. The summed E-state index contributed by atoms with van der Waals surface area (Å²) in [5.74, 6) is -0.476. The molecule has 5 nitrogen and oxygen atoms in total. The first-order valence-electron chi connectivity index (χ1n) is 6.50. The maximum atomic E-state index is 12.3. The highest BCUT2D eigenvalue weighted by Gasteiger charge is 2.17. The van der Waals surface area contributed by atoms with Gasteiger partial charge in [-0.15, -0.1) is 0 Å². The summed E-state index contributed by atoms with van der Waals surface area (Å²) in [4.78, 5) is 12.3. The van der Waals surface area contributed by atoms with Gasteiger partial charge in [-0.05, 0) is 55.3 Å². The molecule has 0 heterocycles. The number of hydrogen-bond donors (Lipinski definition) is 2. The van der Waals surface area contributed by atoms with Crippen LogP contribution in [0.5, 0.6) is 0 Å². The van der Waals surface area contributed by atoms with Crippen molar-refractivity contribution in [1.29, 1.82) is 0 Å². The minimum absolute atomic E-state index is 0.0724. The largest absolute Gasteiger partial charge is 0.322 e. The first kappa shape index (κ1) is 17.7. The van der Waals surface area contributed by atoms with E-state index < -0.39 is 15.9 Å². The van der Waals surface area contributed by atoms with Crippen molar-refractivity contribution in [2.75, 3.05) is 5.32 Å². The normalized spacial score (nSPS) is 11.3. The number of nitrogens with one attached hydrogen (secondary N) is 1. The standard InChI is InChI=1S/C15H14Cl2N2O3S/c1-8-5-10(6-14(9(8)2)23(18,21)22)15(20)19-11-3-4-12(16)13(17)7-11/h3-7H,1-2H3,(H,19,20)(H2,18,21,22). The van der Waals surface area contributed by atoms with Crippen molar-refractivity contribution in [3.8, 4) is 0 Å². The van der Waals surface area contributed by atoms with E-state index in [2.05, 4.69) is 5.32 Å². The molecule has 0 bridgehead atoms. The molecule has 0 aliphatic carbocycles. The van der Waals surface area contributed by atoms with Gasteiger partial charge < -0.3 is 5.32 Å². The molecule has 0 atom stereocenters. The number of nitrogens with two attached hydrogens (primary N) is 1. The van der Waals surface area contributed by atoms with Crippen LogP contribution in [-0.4, -0.2) is 14.3 Å². The van der Waals surface area contributed by atoms with E-state index in [0.29, 0.717) is 26.9 Å². The van der Waals surface area contributed by atoms with Gasteiger partial charge in [0.15, 0.2) is 0 Å². The van der Waals surface area contributed by atoms with Gasteiger partial charge in [-0.2, -0.15) is 0 Å². The molecule has 0 saturated carbocycles. The summed E-state index contributed by atoms with van der Waals surface area (Å²) < 4.78 is 23.3. The highest BCUT2D eigenvalue weighted by Crippen LogP contribution is 2.26. The molecule has 0 saturated heterocycles. The lowest BCUT2D eigenvalue weighted by molar-refractivity contribution is 0.102. The molecule has 23 heavy (non-hydrogen) atoms. The van der Waals surface area contributed by atoms with Crippen molar-refractivity contribution >= 4 is 44.8 Å². The number of carbonyl (C=O) groups excluding carboxylic acids is 1. The number of benzene rings is 2.